The molecule has 0 radical (unpaired) electrons. The van der Waals surface area contributed by atoms with Crippen LogP contribution in [-0.4, -0.2) is 0 Å². The molecule has 0 aliphatic rings. The van der Waals surface area contributed by atoms with Crippen molar-refractivity contribution in [1.29, 1.82) is 0 Å². The van der Waals surface area contributed by atoms with Crippen molar-refractivity contribution < 1.29 is 4.39 Å². The van der Waals surface area contributed by atoms with Gasteiger partial charge in [-0.3, -0.25) is 0 Å². The molecule has 0 aliphatic heterocycles. The maximum absolute atomic E-state index is 14.8. The molecule has 0 aliphatic carbocycles. The van der Waals surface area contributed by atoms with E-state index in [1.54, 1.807) is 18.2 Å². The first kappa shape index (κ1) is 22.9. The summed E-state index contributed by atoms with van der Waals surface area (Å²) in [6.07, 6.45) is 13.6. The van der Waals surface area contributed by atoms with Gasteiger partial charge in [0.05, 0.1) is 5.38 Å². The molecule has 0 amide bonds. The quantitative estimate of drug-likeness (QED) is 0.210. The number of hydrogen-bond donors (Lipinski definition) is 0. The van der Waals surface area contributed by atoms with Crippen LogP contribution in [0.15, 0.2) is 96.6 Å². The summed E-state index contributed by atoms with van der Waals surface area (Å²) in [4.78, 5) is 0. The first-order valence-corrected chi connectivity index (χ1v) is 10.6. The van der Waals surface area contributed by atoms with E-state index >= 15 is 0 Å². The zero-order chi connectivity index (χ0) is 21.1. The molecule has 2 aromatic rings. The Kier molecular flexibility index (Phi) is 9.67. The lowest BCUT2D eigenvalue weighted by atomic mass is 9.98. The Labute approximate surface area is 180 Å². The second-order valence-corrected chi connectivity index (χ2v) is 7.63. The van der Waals surface area contributed by atoms with Crippen LogP contribution in [0.3, 0.4) is 0 Å². The van der Waals surface area contributed by atoms with Crippen LogP contribution in [0.5, 0.6) is 0 Å². The Bertz CT molecular complexity index is 875. The minimum Gasteiger partial charge on any atom is -0.207 e. The molecule has 1 atom stereocenters. The molecule has 0 unspecified atom stereocenters. The van der Waals surface area contributed by atoms with Crippen molar-refractivity contribution in [2.24, 2.45) is 0 Å². The summed E-state index contributed by atoms with van der Waals surface area (Å²) in [6.45, 7) is 7.97. The molecule has 2 heteroatoms. The first-order valence-electron chi connectivity index (χ1n) is 10.1. The Morgan fingerprint density at radius 3 is 2.45 bits per heavy atom. The van der Waals surface area contributed by atoms with Gasteiger partial charge in [-0.2, -0.15) is 0 Å². The fraction of sp³-hybridized carbons (Fsp3) is 0.259. The second kappa shape index (κ2) is 12.2. The Balaban J connectivity index is 2.08. The minimum absolute atomic E-state index is 0.267. The molecule has 0 N–H and O–H groups in total. The van der Waals surface area contributed by atoms with Crippen molar-refractivity contribution in [3.8, 4) is 0 Å². The molecular formula is C27H30ClF. The third-order valence-electron chi connectivity index (χ3n) is 4.91. The van der Waals surface area contributed by atoms with Crippen molar-refractivity contribution in [2.75, 3.05) is 0 Å². The molecule has 2 aromatic carbocycles. The van der Waals surface area contributed by atoms with Gasteiger partial charge < -0.3 is 0 Å². The topological polar surface area (TPSA) is 0 Å². The number of rotatable bonds is 10. The lowest BCUT2D eigenvalue weighted by molar-refractivity contribution is 0.609. The maximum Gasteiger partial charge on any atom is 0.128 e. The number of allylic oxidation sites excluding steroid dienone is 7. The highest BCUT2D eigenvalue weighted by Gasteiger charge is 2.16. The molecular weight excluding hydrogens is 379 g/mol. The van der Waals surface area contributed by atoms with E-state index in [1.807, 2.05) is 43.3 Å². The van der Waals surface area contributed by atoms with Crippen LogP contribution in [0, 0.1) is 5.82 Å². The van der Waals surface area contributed by atoms with E-state index in [1.165, 1.54) is 11.1 Å². The standard InChI is InChI=1S/C27H30ClF/c1-4-6-8-11-21(3)14-18-24(5-2)27(28)25-19-17-23(20-26(25)29)16-15-22-12-9-7-10-13-22/h4-7,9-10,12-14,17-20,27H,2,8,11,15-16H2,1,3H3/b6-4+,21-14+,24-18+/t27-/m0/s1. The monoisotopic (exact) mass is 408 g/mol. The van der Waals surface area contributed by atoms with E-state index in [2.05, 4.69) is 37.8 Å². The molecule has 29 heavy (non-hydrogen) atoms. The van der Waals surface area contributed by atoms with Gasteiger partial charge in [0.1, 0.15) is 5.82 Å². The summed E-state index contributed by atoms with van der Waals surface area (Å²) < 4.78 is 14.8. The van der Waals surface area contributed by atoms with Gasteiger partial charge in [0.2, 0.25) is 0 Å². The molecule has 0 fully saturated rings. The van der Waals surface area contributed by atoms with Gasteiger partial charge in [-0.05, 0) is 62.3 Å². The zero-order valence-electron chi connectivity index (χ0n) is 17.4. The summed E-state index contributed by atoms with van der Waals surface area (Å²) in [5.41, 5.74) is 4.76. The summed E-state index contributed by atoms with van der Waals surface area (Å²) >= 11 is 6.59. The molecule has 0 spiro atoms. The molecule has 0 bridgehead atoms. The molecule has 0 heterocycles. The summed E-state index contributed by atoms with van der Waals surface area (Å²) in [7, 11) is 0. The fourth-order valence-electron chi connectivity index (χ4n) is 3.10. The third kappa shape index (κ3) is 7.51. The average molecular weight is 409 g/mol. The lowest BCUT2D eigenvalue weighted by Gasteiger charge is -2.13. The predicted octanol–water partition coefficient (Wildman–Crippen LogP) is 8.31. The van der Waals surface area contributed by atoms with E-state index < -0.39 is 5.38 Å². The lowest BCUT2D eigenvalue weighted by Crippen LogP contribution is -2.00. The normalized spacial score (nSPS) is 13.7. The van der Waals surface area contributed by atoms with Gasteiger partial charge >= 0.3 is 0 Å². The number of benzene rings is 2. The Hall–Kier alpha value is -2.38. The van der Waals surface area contributed by atoms with Crippen LogP contribution in [0.25, 0.3) is 0 Å². The Morgan fingerprint density at radius 1 is 1.07 bits per heavy atom. The average Bonchev–Trinajstić information content (AvgIpc) is 2.73. The SMILES string of the molecule is C=C/C(=C\C=C(/C)CC/C=C/C)[C@H](Cl)c1ccc(CCc2ccccc2)cc1F. The first-order chi connectivity index (χ1) is 14.0. The molecule has 2 rings (SSSR count). The Morgan fingerprint density at radius 2 is 1.79 bits per heavy atom. The van der Waals surface area contributed by atoms with Crippen LogP contribution in [0.1, 0.15) is 48.8 Å². The second-order valence-electron chi connectivity index (χ2n) is 7.20. The largest absolute Gasteiger partial charge is 0.207 e. The maximum atomic E-state index is 14.8. The molecule has 0 saturated carbocycles. The smallest absolute Gasteiger partial charge is 0.128 e. The van der Waals surface area contributed by atoms with Gasteiger partial charge in [-0.25, -0.2) is 4.39 Å². The van der Waals surface area contributed by atoms with E-state index in [0.717, 1.165) is 36.8 Å². The molecule has 0 aromatic heterocycles. The van der Waals surface area contributed by atoms with Gasteiger partial charge in [-0.15, -0.1) is 11.6 Å². The van der Waals surface area contributed by atoms with Gasteiger partial charge in [0, 0.05) is 5.56 Å². The number of halogens is 2. The number of aryl methyl sites for hydroxylation is 2. The van der Waals surface area contributed by atoms with Gasteiger partial charge in [-0.1, -0.05) is 85.0 Å². The van der Waals surface area contributed by atoms with E-state index in [9.17, 15) is 4.39 Å². The minimum atomic E-state index is -0.560. The summed E-state index contributed by atoms with van der Waals surface area (Å²) in [5.74, 6) is -0.267. The fourth-order valence-corrected chi connectivity index (χ4v) is 3.44. The summed E-state index contributed by atoms with van der Waals surface area (Å²) in [6, 6.07) is 15.6. The van der Waals surface area contributed by atoms with Crippen LogP contribution in [-0.2, 0) is 12.8 Å². The van der Waals surface area contributed by atoms with Crippen LogP contribution in [0.2, 0.25) is 0 Å². The highest BCUT2D eigenvalue weighted by atomic mass is 35.5. The van der Waals surface area contributed by atoms with E-state index in [4.69, 9.17) is 11.6 Å². The van der Waals surface area contributed by atoms with E-state index in [-0.39, 0.29) is 5.82 Å². The predicted molar refractivity (Wildman–Crippen MR) is 125 cm³/mol. The summed E-state index contributed by atoms with van der Waals surface area (Å²) in [5, 5.41) is -0.560. The van der Waals surface area contributed by atoms with Crippen LogP contribution < -0.4 is 0 Å². The van der Waals surface area contributed by atoms with Crippen molar-refractivity contribution in [3.63, 3.8) is 0 Å². The molecule has 0 saturated heterocycles. The van der Waals surface area contributed by atoms with Gasteiger partial charge in [0.15, 0.2) is 0 Å². The number of alkyl halides is 1. The third-order valence-corrected chi connectivity index (χ3v) is 5.40. The molecule has 0 nitrogen and oxygen atoms in total. The van der Waals surface area contributed by atoms with Crippen LogP contribution in [0.4, 0.5) is 4.39 Å². The van der Waals surface area contributed by atoms with Gasteiger partial charge in [0.25, 0.3) is 0 Å². The van der Waals surface area contributed by atoms with Crippen molar-refractivity contribution in [1.82, 2.24) is 0 Å². The number of hydrogen-bond acceptors (Lipinski definition) is 0. The molecule has 152 valence electrons. The van der Waals surface area contributed by atoms with Crippen molar-refractivity contribution >= 4 is 11.6 Å². The van der Waals surface area contributed by atoms with Crippen molar-refractivity contribution in [2.45, 2.75) is 44.9 Å². The highest BCUT2D eigenvalue weighted by molar-refractivity contribution is 6.22. The van der Waals surface area contributed by atoms with Crippen molar-refractivity contribution in [3.05, 3.63) is 119 Å². The highest BCUT2D eigenvalue weighted by Crippen LogP contribution is 2.32. The van der Waals surface area contributed by atoms with Crippen LogP contribution >= 0.6 is 11.6 Å². The van der Waals surface area contributed by atoms with E-state index in [0.29, 0.717) is 5.56 Å². The zero-order valence-corrected chi connectivity index (χ0v) is 18.1.